The lowest BCUT2D eigenvalue weighted by atomic mass is 9.80. The zero-order chi connectivity index (χ0) is 17.0. The quantitative estimate of drug-likeness (QED) is 0.926. The van der Waals surface area contributed by atoms with Crippen molar-refractivity contribution in [1.29, 1.82) is 0 Å². The number of benzene rings is 1. The van der Waals surface area contributed by atoms with E-state index in [4.69, 9.17) is 5.73 Å². The Labute approximate surface area is 147 Å². The van der Waals surface area contributed by atoms with Crippen LogP contribution in [0.5, 0.6) is 0 Å². The fourth-order valence-corrected chi connectivity index (χ4v) is 4.12. The third-order valence-corrected chi connectivity index (χ3v) is 5.76. The second-order valence-corrected chi connectivity index (χ2v) is 7.64. The highest BCUT2D eigenvalue weighted by atomic mass is 16.2. The van der Waals surface area contributed by atoms with Crippen molar-refractivity contribution >= 4 is 5.91 Å². The van der Waals surface area contributed by atoms with Crippen molar-refractivity contribution in [2.45, 2.75) is 56.7 Å². The van der Waals surface area contributed by atoms with Gasteiger partial charge in [0.25, 0.3) is 5.91 Å². The normalized spacial score (nSPS) is 25.6. The summed E-state index contributed by atoms with van der Waals surface area (Å²) >= 11 is 0. The lowest BCUT2D eigenvalue weighted by Crippen LogP contribution is -2.38. The molecular weight excluding hydrogens is 314 g/mol. The van der Waals surface area contributed by atoms with Gasteiger partial charge in [0.1, 0.15) is 5.82 Å². The number of nitrogens with zero attached hydrogens (tertiary/aromatic N) is 4. The zero-order valence-corrected chi connectivity index (χ0v) is 14.3. The van der Waals surface area contributed by atoms with E-state index >= 15 is 0 Å². The topological polar surface area (TPSA) is 77.0 Å². The summed E-state index contributed by atoms with van der Waals surface area (Å²) in [4.78, 5) is 14.7. The highest BCUT2D eigenvalue weighted by Crippen LogP contribution is 2.42. The molecule has 2 aromatic rings. The average molecular weight is 337 g/mol. The van der Waals surface area contributed by atoms with Gasteiger partial charge in [-0.25, -0.2) is 0 Å². The highest BCUT2D eigenvalue weighted by molar-refractivity contribution is 5.96. The Balaban J connectivity index is 1.41. The number of nitrogens with two attached hydrogens (primary N) is 1. The van der Waals surface area contributed by atoms with Gasteiger partial charge in [-0.15, -0.1) is 10.2 Å². The average Bonchev–Trinajstić information content (AvgIpc) is 3.35. The maximum atomic E-state index is 12.8. The van der Waals surface area contributed by atoms with E-state index < -0.39 is 0 Å². The van der Waals surface area contributed by atoms with Crippen LogP contribution in [0.15, 0.2) is 24.3 Å². The van der Waals surface area contributed by atoms with Crippen LogP contribution in [0.1, 0.15) is 65.2 Å². The fourth-order valence-electron chi connectivity index (χ4n) is 4.12. The standard InChI is InChI=1S/C19H23N5O/c20-14-9-13(10-14)18-22-21-17(24(18)15-5-6-15)11-23-8-7-12-3-1-2-4-16(12)19(23)25/h1-4,13-15H,5-11,20H2. The number of rotatable bonds is 4. The second-order valence-electron chi connectivity index (χ2n) is 7.64. The Morgan fingerprint density at radius 2 is 1.96 bits per heavy atom. The van der Waals surface area contributed by atoms with Crippen LogP contribution in [0, 0.1) is 0 Å². The third-order valence-electron chi connectivity index (χ3n) is 5.76. The van der Waals surface area contributed by atoms with Gasteiger partial charge in [0.15, 0.2) is 5.82 Å². The SMILES string of the molecule is NC1CC(c2nnc(CN3CCc4ccccc4C3=O)n2C2CC2)C1. The molecule has 0 unspecified atom stereocenters. The van der Waals surface area contributed by atoms with Crippen molar-refractivity contribution in [3.05, 3.63) is 47.0 Å². The first kappa shape index (κ1) is 15.1. The van der Waals surface area contributed by atoms with Gasteiger partial charge >= 0.3 is 0 Å². The molecule has 6 nitrogen and oxygen atoms in total. The van der Waals surface area contributed by atoms with E-state index in [-0.39, 0.29) is 5.91 Å². The van der Waals surface area contributed by atoms with E-state index in [1.54, 1.807) is 0 Å². The molecule has 3 aliphatic rings. The summed E-state index contributed by atoms with van der Waals surface area (Å²) in [5.41, 5.74) is 7.94. The lowest BCUT2D eigenvalue weighted by molar-refractivity contribution is 0.0720. The molecule has 0 saturated heterocycles. The van der Waals surface area contributed by atoms with Gasteiger partial charge in [0.05, 0.1) is 6.54 Å². The maximum Gasteiger partial charge on any atom is 0.254 e. The molecule has 0 spiro atoms. The van der Waals surface area contributed by atoms with Crippen molar-refractivity contribution in [3.8, 4) is 0 Å². The van der Waals surface area contributed by atoms with Gasteiger partial charge < -0.3 is 15.2 Å². The van der Waals surface area contributed by atoms with E-state index in [2.05, 4.69) is 20.8 Å². The summed E-state index contributed by atoms with van der Waals surface area (Å²) in [6.45, 7) is 1.30. The smallest absolute Gasteiger partial charge is 0.254 e. The predicted octanol–water partition coefficient (Wildman–Crippen LogP) is 2.02. The Kier molecular flexibility index (Phi) is 3.41. The molecule has 2 heterocycles. The lowest BCUT2D eigenvalue weighted by Gasteiger charge is -2.32. The Bertz CT molecular complexity index is 819. The van der Waals surface area contributed by atoms with E-state index in [1.165, 1.54) is 12.8 Å². The Morgan fingerprint density at radius 3 is 2.72 bits per heavy atom. The number of fused-ring (bicyclic) bond motifs is 1. The molecule has 25 heavy (non-hydrogen) atoms. The summed E-state index contributed by atoms with van der Waals surface area (Å²) in [6.07, 6.45) is 5.28. The first-order chi connectivity index (χ1) is 12.2. The number of carbonyl (C=O) groups is 1. The molecule has 2 fully saturated rings. The first-order valence-corrected chi connectivity index (χ1v) is 9.27. The first-order valence-electron chi connectivity index (χ1n) is 9.27. The van der Waals surface area contributed by atoms with Gasteiger partial charge in [-0.2, -0.15) is 0 Å². The van der Waals surface area contributed by atoms with Crippen molar-refractivity contribution in [3.63, 3.8) is 0 Å². The molecular formula is C19H23N5O. The molecule has 1 aliphatic heterocycles. The van der Waals surface area contributed by atoms with Crippen molar-refractivity contribution in [2.75, 3.05) is 6.54 Å². The largest absolute Gasteiger partial charge is 0.331 e. The van der Waals surface area contributed by atoms with Crippen LogP contribution in [-0.2, 0) is 13.0 Å². The fraction of sp³-hybridized carbons (Fsp3) is 0.526. The molecule has 0 atom stereocenters. The molecule has 2 N–H and O–H groups in total. The van der Waals surface area contributed by atoms with Gasteiger partial charge in [-0.3, -0.25) is 4.79 Å². The molecule has 1 aromatic carbocycles. The van der Waals surface area contributed by atoms with Crippen LogP contribution in [-0.4, -0.2) is 38.2 Å². The molecule has 0 bridgehead atoms. The minimum atomic E-state index is 0.111. The van der Waals surface area contributed by atoms with E-state index in [1.807, 2.05) is 23.1 Å². The molecule has 0 radical (unpaired) electrons. The Morgan fingerprint density at radius 1 is 1.16 bits per heavy atom. The highest BCUT2D eigenvalue weighted by Gasteiger charge is 2.37. The van der Waals surface area contributed by atoms with Crippen LogP contribution in [0.25, 0.3) is 0 Å². The summed E-state index contributed by atoms with van der Waals surface area (Å²) in [6, 6.07) is 8.74. The van der Waals surface area contributed by atoms with Crippen LogP contribution in [0.3, 0.4) is 0 Å². The molecule has 130 valence electrons. The molecule has 1 amide bonds. The molecule has 2 aliphatic carbocycles. The summed E-state index contributed by atoms with van der Waals surface area (Å²) in [5.74, 6) is 2.57. The van der Waals surface area contributed by atoms with Crippen molar-refractivity contribution in [2.24, 2.45) is 5.73 Å². The Hall–Kier alpha value is -2.21. The predicted molar refractivity (Wildman–Crippen MR) is 93.1 cm³/mol. The van der Waals surface area contributed by atoms with Crippen molar-refractivity contribution in [1.82, 2.24) is 19.7 Å². The number of carbonyl (C=O) groups excluding carboxylic acids is 1. The van der Waals surface area contributed by atoms with Gasteiger partial charge in [-0.1, -0.05) is 18.2 Å². The molecule has 1 aromatic heterocycles. The van der Waals surface area contributed by atoms with Gasteiger partial charge in [-0.05, 0) is 43.7 Å². The zero-order valence-electron chi connectivity index (χ0n) is 14.3. The van der Waals surface area contributed by atoms with Crippen LogP contribution >= 0.6 is 0 Å². The number of aromatic nitrogens is 3. The molecule has 5 rings (SSSR count). The van der Waals surface area contributed by atoms with Crippen LogP contribution in [0.4, 0.5) is 0 Å². The minimum absolute atomic E-state index is 0.111. The molecule has 6 heteroatoms. The molecule has 2 saturated carbocycles. The van der Waals surface area contributed by atoms with Crippen LogP contribution in [0.2, 0.25) is 0 Å². The van der Waals surface area contributed by atoms with E-state index in [0.717, 1.165) is 48.6 Å². The number of hydrogen-bond acceptors (Lipinski definition) is 4. The van der Waals surface area contributed by atoms with Crippen LogP contribution < -0.4 is 5.73 Å². The summed E-state index contributed by atoms with van der Waals surface area (Å²) < 4.78 is 2.31. The third kappa shape index (κ3) is 2.56. The van der Waals surface area contributed by atoms with E-state index in [9.17, 15) is 4.79 Å². The number of hydrogen-bond donors (Lipinski definition) is 1. The van der Waals surface area contributed by atoms with Crippen molar-refractivity contribution < 1.29 is 4.79 Å². The minimum Gasteiger partial charge on any atom is -0.331 e. The summed E-state index contributed by atoms with van der Waals surface area (Å²) in [7, 11) is 0. The number of amides is 1. The van der Waals surface area contributed by atoms with E-state index in [0.29, 0.717) is 24.5 Å². The monoisotopic (exact) mass is 337 g/mol. The maximum absolute atomic E-state index is 12.8. The second kappa shape index (κ2) is 5.66. The van der Waals surface area contributed by atoms with Gasteiger partial charge in [0.2, 0.25) is 0 Å². The van der Waals surface area contributed by atoms with Gasteiger partial charge in [0, 0.05) is 30.1 Å². The summed E-state index contributed by atoms with van der Waals surface area (Å²) in [5, 5.41) is 8.96.